The van der Waals surface area contributed by atoms with Crippen molar-refractivity contribution in [2.24, 2.45) is 0 Å². The van der Waals surface area contributed by atoms with Crippen LogP contribution in [-0.4, -0.2) is 39.7 Å². The molecule has 0 aliphatic carbocycles. The Labute approximate surface area is 129 Å². The van der Waals surface area contributed by atoms with Crippen LogP contribution in [0.2, 0.25) is 0 Å². The first-order valence-electron chi connectivity index (χ1n) is 7.22. The smallest absolute Gasteiger partial charge is 0.149 e. The van der Waals surface area contributed by atoms with Gasteiger partial charge in [-0.1, -0.05) is 0 Å². The second-order valence-electron chi connectivity index (χ2n) is 5.72. The second-order valence-corrected chi connectivity index (χ2v) is 6.93. The molecular weight excluding hydrogens is 284 g/mol. The summed E-state index contributed by atoms with van der Waals surface area (Å²) >= 11 is 1.66. The number of aliphatic hydroxyl groups excluding tert-OH is 1. The largest absolute Gasteiger partial charge is 0.393 e. The zero-order valence-corrected chi connectivity index (χ0v) is 14.2. The quantitative estimate of drug-likeness (QED) is 0.888. The molecule has 0 aliphatic heterocycles. The molecule has 2 rings (SSSR count). The summed E-state index contributed by atoms with van der Waals surface area (Å²) in [6.07, 6.45) is 0.436. The molecule has 0 aromatic carbocycles. The molecule has 6 heteroatoms. The predicted molar refractivity (Wildman–Crippen MR) is 88.6 cm³/mol. The number of hydrogen-bond donors (Lipinski definition) is 2. The molecule has 2 aromatic heterocycles. The van der Waals surface area contributed by atoms with E-state index in [9.17, 15) is 5.11 Å². The Morgan fingerprint density at radius 3 is 2.57 bits per heavy atom. The van der Waals surface area contributed by atoms with Crippen molar-refractivity contribution in [1.82, 2.24) is 14.9 Å². The summed E-state index contributed by atoms with van der Waals surface area (Å²) in [5, 5.41) is 10.4. The van der Waals surface area contributed by atoms with E-state index in [0.717, 1.165) is 29.0 Å². The van der Waals surface area contributed by atoms with E-state index in [1.54, 1.807) is 18.3 Å². The summed E-state index contributed by atoms with van der Waals surface area (Å²) in [4.78, 5) is 13.5. The summed E-state index contributed by atoms with van der Waals surface area (Å²) in [5.41, 5.74) is 7.30. The molecule has 2 heterocycles. The number of thiophene rings is 1. The third kappa shape index (κ3) is 3.33. The molecule has 0 bridgehead atoms. The number of nitrogen functional groups attached to an aromatic ring is 1. The molecule has 2 atom stereocenters. The van der Waals surface area contributed by atoms with Crippen LogP contribution in [0.5, 0.6) is 0 Å². The fourth-order valence-electron chi connectivity index (χ4n) is 2.27. The molecule has 0 radical (unpaired) electrons. The summed E-state index contributed by atoms with van der Waals surface area (Å²) in [6.45, 7) is 8.81. The zero-order chi connectivity index (χ0) is 15.7. The minimum atomic E-state index is -0.296. The highest BCUT2D eigenvalue weighted by Gasteiger charge is 2.19. The molecule has 0 saturated heterocycles. The number of nitrogens with two attached hydrogens (primary N) is 1. The number of anilines is 1. The highest BCUT2D eigenvalue weighted by Crippen LogP contribution is 2.33. The lowest BCUT2D eigenvalue weighted by Gasteiger charge is -2.24. The lowest BCUT2D eigenvalue weighted by Crippen LogP contribution is -2.27. The molecule has 2 aromatic rings. The van der Waals surface area contributed by atoms with Gasteiger partial charge in [-0.15, -0.1) is 11.3 Å². The molecule has 3 N–H and O–H groups in total. The molecule has 0 aliphatic rings. The van der Waals surface area contributed by atoms with Crippen molar-refractivity contribution in [2.45, 2.75) is 46.3 Å². The van der Waals surface area contributed by atoms with Crippen LogP contribution in [0.15, 0.2) is 0 Å². The molecule has 21 heavy (non-hydrogen) atoms. The summed E-state index contributed by atoms with van der Waals surface area (Å²) in [5.74, 6) is 1.31. The minimum absolute atomic E-state index is 0.0677. The maximum atomic E-state index is 9.40. The van der Waals surface area contributed by atoms with Gasteiger partial charge < -0.3 is 10.8 Å². The fraction of sp³-hybridized carbons (Fsp3) is 0.600. The predicted octanol–water partition coefficient (Wildman–Crippen LogP) is 2.65. The maximum Gasteiger partial charge on any atom is 0.149 e. The lowest BCUT2D eigenvalue weighted by atomic mass is 10.2. The van der Waals surface area contributed by atoms with Crippen molar-refractivity contribution in [3.8, 4) is 0 Å². The molecule has 2 unspecified atom stereocenters. The SMILES string of the molecule is Cc1sc2nc(C(C)N(C)CCC(C)O)nc(N)c2c1C. The Hall–Kier alpha value is -1.24. The van der Waals surface area contributed by atoms with Crippen LogP contribution in [-0.2, 0) is 0 Å². The number of aromatic nitrogens is 2. The number of aliphatic hydroxyl groups is 1. The van der Waals surface area contributed by atoms with Crippen molar-refractivity contribution >= 4 is 27.4 Å². The van der Waals surface area contributed by atoms with Crippen LogP contribution in [0, 0.1) is 13.8 Å². The van der Waals surface area contributed by atoms with E-state index in [2.05, 4.69) is 35.6 Å². The van der Waals surface area contributed by atoms with Gasteiger partial charge in [-0.05, 0) is 46.7 Å². The van der Waals surface area contributed by atoms with E-state index in [0.29, 0.717) is 5.82 Å². The minimum Gasteiger partial charge on any atom is -0.393 e. The average Bonchev–Trinajstić information content (AvgIpc) is 2.70. The van der Waals surface area contributed by atoms with E-state index in [1.807, 2.05) is 7.05 Å². The Morgan fingerprint density at radius 1 is 1.29 bits per heavy atom. The maximum absolute atomic E-state index is 9.40. The topological polar surface area (TPSA) is 75.3 Å². The van der Waals surface area contributed by atoms with Gasteiger partial charge in [0.1, 0.15) is 16.5 Å². The van der Waals surface area contributed by atoms with Gasteiger partial charge in [-0.25, -0.2) is 9.97 Å². The highest BCUT2D eigenvalue weighted by atomic mass is 32.1. The molecule has 0 saturated carbocycles. The Kier molecular flexibility index (Phi) is 4.81. The molecule has 0 fully saturated rings. The number of hydrogen-bond acceptors (Lipinski definition) is 6. The summed E-state index contributed by atoms with van der Waals surface area (Å²) in [6, 6.07) is 0.0677. The van der Waals surface area contributed by atoms with E-state index in [-0.39, 0.29) is 12.1 Å². The number of fused-ring (bicyclic) bond motifs is 1. The van der Waals surface area contributed by atoms with Gasteiger partial charge in [-0.3, -0.25) is 4.90 Å². The van der Waals surface area contributed by atoms with Crippen molar-refractivity contribution in [1.29, 1.82) is 0 Å². The summed E-state index contributed by atoms with van der Waals surface area (Å²) < 4.78 is 0. The number of rotatable bonds is 5. The highest BCUT2D eigenvalue weighted by molar-refractivity contribution is 7.18. The lowest BCUT2D eigenvalue weighted by molar-refractivity contribution is 0.151. The van der Waals surface area contributed by atoms with E-state index in [4.69, 9.17) is 5.73 Å². The van der Waals surface area contributed by atoms with Crippen LogP contribution in [0.25, 0.3) is 10.2 Å². The zero-order valence-electron chi connectivity index (χ0n) is 13.3. The monoisotopic (exact) mass is 308 g/mol. The van der Waals surface area contributed by atoms with Crippen LogP contribution in [0.1, 0.15) is 42.6 Å². The van der Waals surface area contributed by atoms with Gasteiger partial charge in [-0.2, -0.15) is 0 Å². The molecular formula is C15H24N4OS. The first kappa shape index (κ1) is 16.1. The number of nitrogens with zero attached hydrogens (tertiary/aromatic N) is 3. The fourth-order valence-corrected chi connectivity index (χ4v) is 3.31. The normalized spacial score (nSPS) is 14.8. The van der Waals surface area contributed by atoms with Crippen molar-refractivity contribution in [3.63, 3.8) is 0 Å². The Morgan fingerprint density at radius 2 is 1.95 bits per heavy atom. The third-order valence-electron chi connectivity index (χ3n) is 4.01. The van der Waals surface area contributed by atoms with Crippen LogP contribution in [0.3, 0.4) is 0 Å². The van der Waals surface area contributed by atoms with Gasteiger partial charge in [0, 0.05) is 11.4 Å². The van der Waals surface area contributed by atoms with E-state index in [1.165, 1.54) is 10.4 Å². The van der Waals surface area contributed by atoms with Gasteiger partial charge in [0.15, 0.2) is 0 Å². The molecule has 116 valence electrons. The summed E-state index contributed by atoms with van der Waals surface area (Å²) in [7, 11) is 2.02. The molecule has 5 nitrogen and oxygen atoms in total. The van der Waals surface area contributed by atoms with Gasteiger partial charge in [0.2, 0.25) is 0 Å². The Balaban J connectivity index is 2.29. The second kappa shape index (κ2) is 6.25. The Bertz CT molecular complexity index is 638. The molecule has 0 amide bonds. The third-order valence-corrected chi connectivity index (χ3v) is 5.11. The standard InChI is InChI=1S/C15H24N4OS/c1-8(20)6-7-19(5)10(3)14-17-13(16)12-9(2)11(4)21-15(12)18-14/h8,10,20H,6-7H2,1-5H3,(H2,16,17,18). The van der Waals surface area contributed by atoms with Gasteiger partial charge >= 0.3 is 0 Å². The van der Waals surface area contributed by atoms with Crippen LogP contribution in [0.4, 0.5) is 5.82 Å². The first-order chi connectivity index (χ1) is 9.81. The van der Waals surface area contributed by atoms with Gasteiger partial charge in [0.05, 0.1) is 17.5 Å². The van der Waals surface area contributed by atoms with Crippen molar-refractivity contribution in [3.05, 3.63) is 16.3 Å². The molecule has 0 spiro atoms. The van der Waals surface area contributed by atoms with E-state index < -0.39 is 0 Å². The number of aryl methyl sites for hydroxylation is 2. The van der Waals surface area contributed by atoms with Gasteiger partial charge in [0.25, 0.3) is 0 Å². The van der Waals surface area contributed by atoms with Crippen molar-refractivity contribution in [2.75, 3.05) is 19.3 Å². The van der Waals surface area contributed by atoms with Crippen LogP contribution >= 0.6 is 11.3 Å². The van der Waals surface area contributed by atoms with Crippen molar-refractivity contribution < 1.29 is 5.11 Å². The van der Waals surface area contributed by atoms with E-state index >= 15 is 0 Å². The average molecular weight is 308 g/mol. The first-order valence-corrected chi connectivity index (χ1v) is 8.04. The van der Waals surface area contributed by atoms with Crippen LogP contribution < -0.4 is 5.73 Å².